The monoisotopic (exact) mass is 310 g/mol. The first-order valence-corrected chi connectivity index (χ1v) is 8.02. The predicted molar refractivity (Wildman–Crippen MR) is 86.3 cm³/mol. The molecular formula is C18H14O3S. The van der Waals surface area contributed by atoms with Gasteiger partial charge < -0.3 is 9.84 Å². The van der Waals surface area contributed by atoms with Gasteiger partial charge in [-0.15, -0.1) is 11.3 Å². The van der Waals surface area contributed by atoms with Crippen LogP contribution in [0.25, 0.3) is 10.8 Å². The second-order valence-corrected chi connectivity index (χ2v) is 6.49. The van der Waals surface area contributed by atoms with E-state index in [1.54, 1.807) is 11.3 Å². The van der Waals surface area contributed by atoms with Crippen LogP contribution in [0.5, 0.6) is 5.75 Å². The molecule has 4 heteroatoms. The van der Waals surface area contributed by atoms with E-state index in [0.29, 0.717) is 6.42 Å². The van der Waals surface area contributed by atoms with Crippen LogP contribution < -0.4 is 4.74 Å². The second-order valence-electron chi connectivity index (χ2n) is 5.54. The first-order valence-electron chi connectivity index (χ1n) is 7.14. The number of carboxylic acid groups (broad SMARTS) is 1. The van der Waals surface area contributed by atoms with Gasteiger partial charge in [0.1, 0.15) is 11.7 Å². The van der Waals surface area contributed by atoms with Crippen molar-refractivity contribution in [2.75, 3.05) is 0 Å². The van der Waals surface area contributed by atoms with Crippen molar-refractivity contribution in [1.82, 2.24) is 0 Å². The average molecular weight is 310 g/mol. The highest BCUT2D eigenvalue weighted by Gasteiger charge is 2.63. The molecule has 1 aliphatic rings. The summed E-state index contributed by atoms with van der Waals surface area (Å²) in [6.45, 7) is 0. The average Bonchev–Trinajstić information content (AvgIpc) is 3.00. The van der Waals surface area contributed by atoms with E-state index in [1.807, 2.05) is 60.0 Å². The van der Waals surface area contributed by atoms with Gasteiger partial charge in [0, 0.05) is 16.7 Å². The molecule has 4 rings (SSSR count). The number of carboxylic acids is 1. The molecule has 1 aromatic heterocycles. The third-order valence-electron chi connectivity index (χ3n) is 4.19. The van der Waals surface area contributed by atoms with Gasteiger partial charge in [-0.25, -0.2) is 0 Å². The van der Waals surface area contributed by atoms with Crippen molar-refractivity contribution in [2.24, 2.45) is 5.92 Å². The highest BCUT2D eigenvalue weighted by Crippen LogP contribution is 2.57. The van der Waals surface area contributed by atoms with Gasteiger partial charge in [0.05, 0.1) is 0 Å². The Morgan fingerprint density at radius 2 is 1.95 bits per heavy atom. The SMILES string of the molecule is O=C(O)[C@H]1CC1(Oc1cccc2ccccc12)c1cccs1. The molecule has 1 aliphatic carbocycles. The number of thiophene rings is 1. The van der Waals surface area contributed by atoms with Crippen LogP contribution in [-0.2, 0) is 10.4 Å². The van der Waals surface area contributed by atoms with E-state index in [9.17, 15) is 9.90 Å². The van der Waals surface area contributed by atoms with E-state index in [1.165, 1.54) is 0 Å². The Morgan fingerprint density at radius 1 is 1.14 bits per heavy atom. The maximum atomic E-state index is 11.5. The standard InChI is InChI=1S/C18H14O3S/c19-17(20)14-11-18(14,16-9-4-10-22-16)21-15-8-3-6-12-5-1-2-7-13(12)15/h1-10,14H,11H2,(H,19,20)/t14-,18?/m1/s1. The Kier molecular flexibility index (Phi) is 2.94. The van der Waals surface area contributed by atoms with E-state index < -0.39 is 17.5 Å². The van der Waals surface area contributed by atoms with Gasteiger partial charge in [0.25, 0.3) is 0 Å². The van der Waals surface area contributed by atoms with Crippen LogP contribution in [0.15, 0.2) is 60.0 Å². The zero-order valence-corrected chi connectivity index (χ0v) is 12.5. The zero-order valence-electron chi connectivity index (χ0n) is 11.7. The van der Waals surface area contributed by atoms with Gasteiger partial charge in [-0.3, -0.25) is 4.79 Å². The number of ether oxygens (including phenoxy) is 1. The lowest BCUT2D eigenvalue weighted by Gasteiger charge is -2.19. The van der Waals surface area contributed by atoms with Gasteiger partial charge in [-0.1, -0.05) is 42.5 Å². The minimum atomic E-state index is -0.798. The van der Waals surface area contributed by atoms with E-state index in [4.69, 9.17) is 4.74 Å². The molecule has 22 heavy (non-hydrogen) atoms. The maximum Gasteiger partial charge on any atom is 0.311 e. The van der Waals surface area contributed by atoms with Crippen LogP contribution in [-0.4, -0.2) is 11.1 Å². The van der Waals surface area contributed by atoms with Gasteiger partial charge in [0.15, 0.2) is 5.60 Å². The van der Waals surface area contributed by atoms with Gasteiger partial charge in [0.2, 0.25) is 0 Å². The Morgan fingerprint density at radius 3 is 2.68 bits per heavy atom. The molecule has 0 bridgehead atoms. The highest BCUT2D eigenvalue weighted by atomic mass is 32.1. The molecule has 0 saturated heterocycles. The topological polar surface area (TPSA) is 46.5 Å². The number of hydrogen-bond acceptors (Lipinski definition) is 3. The summed E-state index contributed by atoms with van der Waals surface area (Å²) in [5, 5.41) is 13.5. The van der Waals surface area contributed by atoms with Crippen LogP contribution >= 0.6 is 11.3 Å². The molecular weight excluding hydrogens is 296 g/mol. The fraction of sp³-hybridized carbons (Fsp3) is 0.167. The van der Waals surface area contributed by atoms with Crippen LogP contribution in [0.3, 0.4) is 0 Å². The predicted octanol–water partition coefficient (Wildman–Crippen LogP) is 4.28. The number of fused-ring (bicyclic) bond motifs is 1. The van der Waals surface area contributed by atoms with E-state index in [-0.39, 0.29) is 0 Å². The fourth-order valence-corrected chi connectivity index (χ4v) is 3.89. The summed E-state index contributed by atoms with van der Waals surface area (Å²) in [6.07, 6.45) is 0.520. The Bertz CT molecular complexity index is 835. The van der Waals surface area contributed by atoms with Crippen molar-refractivity contribution in [1.29, 1.82) is 0 Å². The minimum absolute atomic E-state index is 0.481. The van der Waals surface area contributed by atoms with E-state index in [0.717, 1.165) is 21.4 Å². The summed E-state index contributed by atoms with van der Waals surface area (Å²) in [7, 11) is 0. The Labute approximate surface area is 131 Å². The largest absolute Gasteiger partial charge is 0.481 e. The van der Waals surface area contributed by atoms with E-state index in [2.05, 4.69) is 0 Å². The lowest BCUT2D eigenvalue weighted by molar-refractivity contribution is -0.140. The fourth-order valence-electron chi connectivity index (χ4n) is 2.97. The molecule has 110 valence electrons. The third-order valence-corrected chi connectivity index (χ3v) is 5.22. The zero-order chi connectivity index (χ0) is 15.2. The van der Waals surface area contributed by atoms with Crippen LogP contribution in [0.2, 0.25) is 0 Å². The lowest BCUT2D eigenvalue weighted by atomic mass is 10.1. The first kappa shape index (κ1) is 13.3. The highest BCUT2D eigenvalue weighted by molar-refractivity contribution is 7.10. The molecule has 0 aliphatic heterocycles. The molecule has 3 nitrogen and oxygen atoms in total. The molecule has 3 aromatic rings. The third kappa shape index (κ3) is 1.99. The van der Waals surface area contributed by atoms with Crippen molar-refractivity contribution >= 4 is 28.1 Å². The van der Waals surface area contributed by atoms with Gasteiger partial charge in [-0.2, -0.15) is 0 Å². The van der Waals surface area contributed by atoms with Crippen molar-refractivity contribution in [3.05, 3.63) is 64.9 Å². The summed E-state index contributed by atoms with van der Waals surface area (Å²) in [5.74, 6) is -0.533. The van der Waals surface area contributed by atoms with Gasteiger partial charge >= 0.3 is 5.97 Å². The molecule has 2 atom stereocenters. The molecule has 0 radical (unpaired) electrons. The molecule has 2 aromatic carbocycles. The van der Waals surface area contributed by atoms with Crippen LogP contribution in [0.4, 0.5) is 0 Å². The molecule has 0 amide bonds. The van der Waals surface area contributed by atoms with Crippen molar-refractivity contribution in [3.8, 4) is 5.75 Å². The van der Waals surface area contributed by atoms with Crippen LogP contribution in [0, 0.1) is 5.92 Å². The lowest BCUT2D eigenvalue weighted by Crippen LogP contribution is -2.21. The summed E-state index contributed by atoms with van der Waals surface area (Å²) >= 11 is 1.55. The Balaban J connectivity index is 1.78. The van der Waals surface area contributed by atoms with E-state index >= 15 is 0 Å². The molecule has 1 fully saturated rings. The number of rotatable bonds is 4. The molecule has 0 spiro atoms. The van der Waals surface area contributed by atoms with Crippen molar-refractivity contribution in [2.45, 2.75) is 12.0 Å². The first-order chi connectivity index (χ1) is 10.7. The molecule has 1 unspecified atom stereocenters. The number of hydrogen-bond donors (Lipinski definition) is 1. The smallest absolute Gasteiger partial charge is 0.311 e. The number of aliphatic carboxylic acids is 1. The summed E-state index contributed by atoms with van der Waals surface area (Å²) in [4.78, 5) is 12.4. The molecule has 1 saturated carbocycles. The minimum Gasteiger partial charge on any atom is -0.481 e. The summed E-state index contributed by atoms with van der Waals surface area (Å²) in [5.41, 5.74) is -0.718. The maximum absolute atomic E-state index is 11.5. The number of benzene rings is 2. The quantitative estimate of drug-likeness (QED) is 0.782. The van der Waals surface area contributed by atoms with Crippen LogP contribution in [0.1, 0.15) is 11.3 Å². The summed E-state index contributed by atoms with van der Waals surface area (Å²) < 4.78 is 6.27. The summed E-state index contributed by atoms with van der Waals surface area (Å²) in [6, 6.07) is 17.8. The molecule has 1 heterocycles. The normalized spacial score (nSPS) is 23.4. The van der Waals surface area contributed by atoms with Gasteiger partial charge in [-0.05, 0) is 22.9 Å². The Hall–Kier alpha value is -2.33. The van der Waals surface area contributed by atoms with Crippen molar-refractivity contribution < 1.29 is 14.6 Å². The number of carbonyl (C=O) groups is 1. The molecule has 1 N–H and O–H groups in total. The van der Waals surface area contributed by atoms with Crippen molar-refractivity contribution in [3.63, 3.8) is 0 Å². The second kappa shape index (κ2) is 4.85.